The summed E-state index contributed by atoms with van der Waals surface area (Å²) in [4.78, 5) is 22.0. The predicted octanol–water partition coefficient (Wildman–Crippen LogP) is 0.676. The third-order valence-corrected chi connectivity index (χ3v) is 3.08. The van der Waals surface area contributed by atoms with Crippen LogP contribution in [0.5, 0.6) is 0 Å². The molecule has 0 spiro atoms. The van der Waals surface area contributed by atoms with Gasteiger partial charge in [-0.1, -0.05) is 11.8 Å². The molecule has 0 radical (unpaired) electrons. The maximum absolute atomic E-state index is 11.2. The number of nitrogens with zero attached hydrogens (tertiary/aromatic N) is 2. The molecule has 0 aliphatic carbocycles. The Balaban J connectivity index is 2.03. The Morgan fingerprint density at radius 1 is 1.67 bits per heavy atom. The Bertz CT molecular complexity index is 509. The van der Waals surface area contributed by atoms with Crippen LogP contribution in [0.2, 0.25) is 0 Å². The van der Waals surface area contributed by atoms with Crippen LogP contribution < -0.4 is 5.32 Å². The van der Waals surface area contributed by atoms with E-state index in [9.17, 15) is 9.59 Å². The average Bonchev–Trinajstić information content (AvgIpc) is 2.81. The van der Waals surface area contributed by atoms with E-state index in [-0.39, 0.29) is 17.5 Å². The van der Waals surface area contributed by atoms with Crippen molar-refractivity contribution in [2.24, 2.45) is 10.2 Å². The van der Waals surface area contributed by atoms with Gasteiger partial charge in [0, 0.05) is 6.42 Å². The summed E-state index contributed by atoms with van der Waals surface area (Å²) in [5.74, 6) is -0.910. The maximum atomic E-state index is 11.2. The highest BCUT2D eigenvalue weighted by Crippen LogP contribution is 2.20. The van der Waals surface area contributed by atoms with E-state index in [2.05, 4.69) is 15.5 Å². The SMILES string of the molecule is O=C1C[C@@H](C(=O)O)S/C(=N/N=C/c2ccco2)N1. The van der Waals surface area contributed by atoms with Crippen LogP contribution in [0.4, 0.5) is 0 Å². The van der Waals surface area contributed by atoms with E-state index in [4.69, 9.17) is 9.52 Å². The van der Waals surface area contributed by atoms with Gasteiger partial charge in [-0.15, -0.1) is 5.10 Å². The quantitative estimate of drug-likeness (QED) is 0.619. The standard InChI is InChI=1S/C10H9N3O4S/c14-8-4-7(9(15)16)18-10(12-8)13-11-5-6-2-1-3-17-6/h1-3,5,7H,4H2,(H,15,16)(H,12,13,14)/b11-5+/t7-/m0/s1. The lowest BCUT2D eigenvalue weighted by Crippen LogP contribution is -2.40. The molecule has 1 aromatic rings. The molecule has 1 aromatic heterocycles. The average molecular weight is 267 g/mol. The molecule has 0 saturated carbocycles. The molecule has 18 heavy (non-hydrogen) atoms. The number of rotatable bonds is 3. The normalized spacial score (nSPS) is 22.3. The van der Waals surface area contributed by atoms with Crippen LogP contribution in [0.1, 0.15) is 12.2 Å². The first kappa shape index (κ1) is 12.4. The first-order valence-corrected chi connectivity index (χ1v) is 5.87. The van der Waals surface area contributed by atoms with Crippen LogP contribution in [0.3, 0.4) is 0 Å². The van der Waals surface area contributed by atoms with Crippen molar-refractivity contribution >= 4 is 35.0 Å². The largest absolute Gasteiger partial charge is 0.480 e. The molecule has 2 N–H and O–H groups in total. The molecule has 8 heteroatoms. The van der Waals surface area contributed by atoms with Crippen LogP contribution in [0.15, 0.2) is 33.0 Å². The highest BCUT2D eigenvalue weighted by Gasteiger charge is 2.29. The van der Waals surface area contributed by atoms with E-state index < -0.39 is 11.2 Å². The van der Waals surface area contributed by atoms with Gasteiger partial charge in [-0.25, -0.2) is 0 Å². The number of carbonyl (C=O) groups excluding carboxylic acids is 1. The molecule has 0 aromatic carbocycles. The third-order valence-electron chi connectivity index (χ3n) is 2.02. The van der Waals surface area contributed by atoms with Crippen molar-refractivity contribution in [3.8, 4) is 0 Å². The number of carbonyl (C=O) groups is 2. The molecule has 0 unspecified atom stereocenters. The molecule has 1 fully saturated rings. The number of hydrogen-bond donors (Lipinski definition) is 2. The Hall–Kier alpha value is -2.09. The Labute approximate surface area is 106 Å². The zero-order valence-electron chi connectivity index (χ0n) is 9.07. The highest BCUT2D eigenvalue weighted by atomic mass is 32.2. The molecule has 94 valence electrons. The molecule has 1 saturated heterocycles. The van der Waals surface area contributed by atoms with E-state index in [1.807, 2.05) is 0 Å². The van der Waals surface area contributed by atoms with Crippen LogP contribution in [-0.4, -0.2) is 33.6 Å². The summed E-state index contributed by atoms with van der Waals surface area (Å²) in [6.07, 6.45) is 2.79. The predicted molar refractivity (Wildman–Crippen MR) is 65.5 cm³/mol. The van der Waals surface area contributed by atoms with Gasteiger partial charge < -0.3 is 14.8 Å². The van der Waals surface area contributed by atoms with E-state index in [0.717, 1.165) is 11.8 Å². The van der Waals surface area contributed by atoms with Crippen molar-refractivity contribution in [2.75, 3.05) is 0 Å². The second-order valence-electron chi connectivity index (χ2n) is 3.36. The first-order chi connectivity index (χ1) is 8.65. The summed E-state index contributed by atoms with van der Waals surface area (Å²) in [6, 6.07) is 3.39. The van der Waals surface area contributed by atoms with Crippen LogP contribution in [0.25, 0.3) is 0 Å². The molecule has 1 aliphatic heterocycles. The molecule has 0 bridgehead atoms. The van der Waals surface area contributed by atoms with Gasteiger partial charge in [0.1, 0.15) is 11.0 Å². The molecule has 7 nitrogen and oxygen atoms in total. The van der Waals surface area contributed by atoms with Gasteiger partial charge in [-0.05, 0) is 12.1 Å². The maximum Gasteiger partial charge on any atom is 0.317 e. The van der Waals surface area contributed by atoms with Gasteiger partial charge in [-0.2, -0.15) is 5.10 Å². The summed E-state index contributed by atoms with van der Waals surface area (Å²) < 4.78 is 5.00. The number of nitrogens with one attached hydrogen (secondary N) is 1. The van der Waals surface area contributed by atoms with E-state index in [0.29, 0.717) is 5.76 Å². The van der Waals surface area contributed by atoms with E-state index in [1.54, 1.807) is 12.1 Å². The summed E-state index contributed by atoms with van der Waals surface area (Å²) >= 11 is 0.955. The lowest BCUT2D eigenvalue weighted by atomic mass is 10.3. The Morgan fingerprint density at radius 3 is 3.17 bits per heavy atom. The highest BCUT2D eigenvalue weighted by molar-refractivity contribution is 8.15. The molecule has 2 rings (SSSR count). The molecule has 1 aliphatic rings. The number of amides is 1. The van der Waals surface area contributed by atoms with Crippen LogP contribution in [0, 0.1) is 0 Å². The number of thioether (sulfide) groups is 1. The van der Waals surface area contributed by atoms with Crippen molar-refractivity contribution in [1.29, 1.82) is 0 Å². The monoisotopic (exact) mass is 267 g/mol. The van der Waals surface area contributed by atoms with E-state index in [1.165, 1.54) is 12.5 Å². The lowest BCUT2D eigenvalue weighted by Gasteiger charge is -2.18. The van der Waals surface area contributed by atoms with Gasteiger partial charge in [0.2, 0.25) is 5.91 Å². The Kier molecular flexibility index (Phi) is 3.78. The third kappa shape index (κ3) is 3.20. The number of furan rings is 1. The fraction of sp³-hybridized carbons (Fsp3) is 0.200. The second kappa shape index (κ2) is 5.50. The zero-order valence-corrected chi connectivity index (χ0v) is 9.88. The first-order valence-electron chi connectivity index (χ1n) is 4.99. The fourth-order valence-electron chi connectivity index (χ4n) is 1.23. The summed E-state index contributed by atoms with van der Waals surface area (Å²) in [6.45, 7) is 0. The number of aliphatic carboxylic acids is 1. The molecular formula is C10H9N3O4S. The van der Waals surface area contributed by atoms with Crippen molar-refractivity contribution in [3.05, 3.63) is 24.2 Å². The Morgan fingerprint density at radius 2 is 2.50 bits per heavy atom. The summed E-state index contributed by atoms with van der Waals surface area (Å²) in [5.41, 5.74) is 0. The second-order valence-corrected chi connectivity index (χ2v) is 4.55. The number of hydrogen-bond acceptors (Lipinski definition) is 6. The lowest BCUT2D eigenvalue weighted by molar-refractivity contribution is -0.138. The van der Waals surface area contributed by atoms with Crippen molar-refractivity contribution < 1.29 is 19.1 Å². The molecule has 1 atom stereocenters. The zero-order chi connectivity index (χ0) is 13.0. The van der Waals surface area contributed by atoms with Gasteiger partial charge in [0.05, 0.1) is 12.5 Å². The number of carboxylic acids is 1. The summed E-state index contributed by atoms with van der Waals surface area (Å²) in [5, 5.41) is 18.1. The van der Waals surface area contributed by atoms with Gasteiger partial charge in [0.25, 0.3) is 0 Å². The van der Waals surface area contributed by atoms with Gasteiger partial charge in [-0.3, -0.25) is 9.59 Å². The molecule has 1 amide bonds. The minimum Gasteiger partial charge on any atom is -0.480 e. The van der Waals surface area contributed by atoms with Crippen LogP contribution >= 0.6 is 11.8 Å². The summed E-state index contributed by atoms with van der Waals surface area (Å²) in [7, 11) is 0. The molecular weight excluding hydrogens is 258 g/mol. The van der Waals surface area contributed by atoms with Crippen molar-refractivity contribution in [3.63, 3.8) is 0 Å². The fourth-order valence-corrected chi connectivity index (χ4v) is 2.11. The number of amidine groups is 1. The topological polar surface area (TPSA) is 104 Å². The molecule has 2 heterocycles. The minimum absolute atomic E-state index is 0.0685. The van der Waals surface area contributed by atoms with Crippen LogP contribution in [-0.2, 0) is 9.59 Å². The minimum atomic E-state index is -1.04. The van der Waals surface area contributed by atoms with Crippen molar-refractivity contribution in [2.45, 2.75) is 11.7 Å². The smallest absolute Gasteiger partial charge is 0.317 e. The van der Waals surface area contributed by atoms with Gasteiger partial charge >= 0.3 is 5.97 Å². The number of carboxylic acid groups (broad SMARTS) is 1. The van der Waals surface area contributed by atoms with Gasteiger partial charge in [0.15, 0.2) is 5.17 Å². The van der Waals surface area contributed by atoms with E-state index >= 15 is 0 Å². The van der Waals surface area contributed by atoms with Crippen molar-refractivity contribution in [1.82, 2.24) is 5.32 Å².